The fourth-order valence-corrected chi connectivity index (χ4v) is 4.53. The number of nitrogens with one attached hydrogen (secondary N) is 1. The Morgan fingerprint density at radius 1 is 1.65 bits per heavy atom. The van der Waals surface area contributed by atoms with E-state index in [1.54, 1.807) is 11.3 Å². The largest absolute Gasteiger partial charge is 0.316 e. The molecule has 1 fully saturated rings. The van der Waals surface area contributed by atoms with Crippen molar-refractivity contribution < 1.29 is 0 Å². The van der Waals surface area contributed by atoms with Gasteiger partial charge in [-0.15, -0.1) is 11.3 Å². The van der Waals surface area contributed by atoms with Crippen LogP contribution in [0.4, 0.5) is 0 Å². The van der Waals surface area contributed by atoms with Gasteiger partial charge in [-0.2, -0.15) is 11.8 Å². The lowest BCUT2D eigenvalue weighted by atomic mass is 9.95. The Labute approximate surface area is 110 Å². The zero-order chi connectivity index (χ0) is 11.7. The molecule has 0 saturated carbocycles. The minimum absolute atomic E-state index is 0.578. The molecular weight excluding hydrogens is 250 g/mol. The molecule has 0 spiro atoms. The van der Waals surface area contributed by atoms with E-state index in [1.165, 1.54) is 23.6 Å². The first-order valence-corrected chi connectivity index (χ1v) is 8.06. The molecule has 1 aliphatic heterocycles. The van der Waals surface area contributed by atoms with Gasteiger partial charge >= 0.3 is 0 Å². The summed E-state index contributed by atoms with van der Waals surface area (Å²) in [4.78, 5) is 5.77. The molecule has 0 radical (unpaired) electrons. The number of hydrogen-bond donors (Lipinski definition) is 1. The lowest BCUT2D eigenvalue weighted by Crippen LogP contribution is -2.35. The van der Waals surface area contributed by atoms with Crippen LogP contribution in [0.2, 0.25) is 0 Å². The third-order valence-electron chi connectivity index (χ3n) is 3.48. The Morgan fingerprint density at radius 3 is 3.29 bits per heavy atom. The molecule has 17 heavy (non-hydrogen) atoms. The zero-order valence-electron chi connectivity index (χ0n) is 9.93. The van der Waals surface area contributed by atoms with Crippen LogP contribution in [0, 0.1) is 5.92 Å². The highest BCUT2D eigenvalue weighted by Gasteiger charge is 2.25. The number of likely N-dealkylation sites (N-methyl/N-ethyl adjacent to an activating group) is 1. The number of imidazole rings is 1. The van der Waals surface area contributed by atoms with E-state index >= 15 is 0 Å². The first-order valence-electron chi connectivity index (χ1n) is 6.03. The van der Waals surface area contributed by atoms with Crippen LogP contribution in [0.1, 0.15) is 12.1 Å². The second-order valence-corrected chi connectivity index (χ2v) is 6.57. The van der Waals surface area contributed by atoms with Crippen molar-refractivity contribution in [3.05, 3.63) is 23.5 Å². The molecule has 2 atom stereocenters. The van der Waals surface area contributed by atoms with Crippen LogP contribution in [0.25, 0.3) is 4.96 Å². The SMILES string of the molecule is CNC(Cc1cn2ccsc2n1)C1CCSC1. The molecule has 2 aromatic heterocycles. The minimum atomic E-state index is 0.578. The lowest BCUT2D eigenvalue weighted by Gasteiger charge is -2.21. The van der Waals surface area contributed by atoms with Gasteiger partial charge in [-0.05, 0) is 30.9 Å². The summed E-state index contributed by atoms with van der Waals surface area (Å²) in [6.07, 6.45) is 6.64. The zero-order valence-corrected chi connectivity index (χ0v) is 11.6. The van der Waals surface area contributed by atoms with Gasteiger partial charge in [0.1, 0.15) is 0 Å². The Hall–Kier alpha value is -0.520. The Bertz CT molecular complexity index is 456. The van der Waals surface area contributed by atoms with E-state index in [0.29, 0.717) is 6.04 Å². The maximum Gasteiger partial charge on any atom is 0.193 e. The van der Waals surface area contributed by atoms with E-state index in [-0.39, 0.29) is 0 Å². The molecule has 5 heteroatoms. The summed E-state index contributed by atoms with van der Waals surface area (Å²) in [5, 5.41) is 5.55. The van der Waals surface area contributed by atoms with Crippen LogP contribution in [0.3, 0.4) is 0 Å². The molecule has 3 heterocycles. The maximum absolute atomic E-state index is 4.67. The third kappa shape index (κ3) is 2.37. The quantitative estimate of drug-likeness (QED) is 0.921. The fraction of sp³-hybridized carbons (Fsp3) is 0.583. The van der Waals surface area contributed by atoms with E-state index in [1.807, 2.05) is 0 Å². The topological polar surface area (TPSA) is 29.3 Å². The molecule has 1 N–H and O–H groups in total. The number of fused-ring (bicyclic) bond motifs is 1. The molecule has 3 nitrogen and oxygen atoms in total. The van der Waals surface area contributed by atoms with E-state index in [4.69, 9.17) is 0 Å². The highest BCUT2D eigenvalue weighted by molar-refractivity contribution is 7.99. The number of aromatic nitrogens is 2. The van der Waals surface area contributed by atoms with Crippen molar-refractivity contribution in [2.24, 2.45) is 5.92 Å². The van der Waals surface area contributed by atoms with Crippen LogP contribution in [0.15, 0.2) is 17.8 Å². The molecular formula is C12H17N3S2. The highest BCUT2D eigenvalue weighted by Crippen LogP contribution is 2.27. The number of rotatable bonds is 4. The van der Waals surface area contributed by atoms with Crippen LogP contribution in [0.5, 0.6) is 0 Å². The lowest BCUT2D eigenvalue weighted by molar-refractivity contribution is 0.402. The van der Waals surface area contributed by atoms with Crippen LogP contribution in [-0.2, 0) is 6.42 Å². The van der Waals surface area contributed by atoms with Gasteiger partial charge < -0.3 is 5.32 Å². The minimum Gasteiger partial charge on any atom is -0.316 e. The highest BCUT2D eigenvalue weighted by atomic mass is 32.2. The van der Waals surface area contributed by atoms with E-state index < -0.39 is 0 Å². The van der Waals surface area contributed by atoms with Crippen molar-refractivity contribution in [3.8, 4) is 0 Å². The fourth-order valence-electron chi connectivity index (χ4n) is 2.47. The molecule has 3 rings (SSSR count). The summed E-state index contributed by atoms with van der Waals surface area (Å²) >= 11 is 3.78. The van der Waals surface area contributed by atoms with Crippen molar-refractivity contribution >= 4 is 28.1 Å². The Morgan fingerprint density at radius 2 is 2.59 bits per heavy atom. The summed E-state index contributed by atoms with van der Waals surface area (Å²) in [7, 11) is 2.08. The van der Waals surface area contributed by atoms with E-state index in [9.17, 15) is 0 Å². The molecule has 1 aliphatic rings. The van der Waals surface area contributed by atoms with Crippen molar-refractivity contribution in [1.82, 2.24) is 14.7 Å². The first-order chi connectivity index (χ1) is 8.36. The van der Waals surface area contributed by atoms with Gasteiger partial charge in [0.15, 0.2) is 4.96 Å². The standard InChI is InChI=1S/C12H17N3S2/c1-13-11(9-2-4-16-8-9)6-10-7-15-3-5-17-12(15)14-10/h3,5,7,9,11,13H,2,4,6,8H2,1H3. The van der Waals surface area contributed by atoms with Gasteiger partial charge in [0.05, 0.1) is 5.69 Å². The van der Waals surface area contributed by atoms with E-state index in [2.05, 4.69) is 51.3 Å². The Balaban J connectivity index is 1.73. The Kier molecular flexibility index (Phi) is 3.40. The van der Waals surface area contributed by atoms with Gasteiger partial charge in [0, 0.05) is 30.2 Å². The van der Waals surface area contributed by atoms with Crippen molar-refractivity contribution in [2.75, 3.05) is 18.6 Å². The molecule has 92 valence electrons. The maximum atomic E-state index is 4.67. The number of nitrogens with zero attached hydrogens (tertiary/aromatic N) is 2. The average Bonchev–Trinajstić information content (AvgIpc) is 3.01. The van der Waals surface area contributed by atoms with Gasteiger partial charge in [0.25, 0.3) is 0 Å². The van der Waals surface area contributed by atoms with Crippen LogP contribution >= 0.6 is 23.1 Å². The number of thioether (sulfide) groups is 1. The van der Waals surface area contributed by atoms with Gasteiger partial charge in [-0.3, -0.25) is 4.40 Å². The molecule has 2 aromatic rings. The number of thiazole rings is 1. The summed E-state index contributed by atoms with van der Waals surface area (Å²) in [5.74, 6) is 3.43. The molecule has 0 aromatic carbocycles. The predicted octanol–water partition coefficient (Wildman–Crippen LogP) is 2.28. The van der Waals surface area contributed by atoms with Gasteiger partial charge in [-0.25, -0.2) is 4.98 Å². The second kappa shape index (κ2) is 5.00. The van der Waals surface area contributed by atoms with Crippen LogP contribution < -0.4 is 5.32 Å². The van der Waals surface area contributed by atoms with Crippen molar-refractivity contribution in [2.45, 2.75) is 18.9 Å². The van der Waals surface area contributed by atoms with E-state index in [0.717, 1.165) is 17.3 Å². The smallest absolute Gasteiger partial charge is 0.193 e. The summed E-state index contributed by atoms with van der Waals surface area (Å²) < 4.78 is 2.12. The first kappa shape index (κ1) is 11.6. The number of hydrogen-bond acceptors (Lipinski definition) is 4. The summed E-state index contributed by atoms with van der Waals surface area (Å²) in [5.41, 5.74) is 1.22. The average molecular weight is 267 g/mol. The van der Waals surface area contributed by atoms with Crippen LogP contribution in [-0.4, -0.2) is 34.0 Å². The molecule has 0 bridgehead atoms. The van der Waals surface area contributed by atoms with Crippen molar-refractivity contribution in [1.29, 1.82) is 0 Å². The summed E-state index contributed by atoms with van der Waals surface area (Å²) in [6, 6.07) is 0.578. The molecule has 2 unspecified atom stereocenters. The molecule has 0 amide bonds. The molecule has 1 saturated heterocycles. The third-order valence-corrected chi connectivity index (χ3v) is 5.44. The predicted molar refractivity (Wildman–Crippen MR) is 75.1 cm³/mol. The second-order valence-electron chi connectivity index (χ2n) is 4.55. The normalized spacial score (nSPS) is 22.3. The van der Waals surface area contributed by atoms with Gasteiger partial charge in [-0.1, -0.05) is 0 Å². The summed E-state index contributed by atoms with van der Waals surface area (Å²) in [6.45, 7) is 0. The van der Waals surface area contributed by atoms with Gasteiger partial charge in [0.2, 0.25) is 0 Å². The molecule has 0 aliphatic carbocycles. The monoisotopic (exact) mass is 267 g/mol. The van der Waals surface area contributed by atoms with Crippen molar-refractivity contribution in [3.63, 3.8) is 0 Å².